The van der Waals surface area contributed by atoms with Gasteiger partial charge in [-0.05, 0) is 55.3 Å². The molecule has 5 nitrogen and oxygen atoms in total. The Morgan fingerprint density at radius 2 is 1.84 bits per heavy atom. The molecule has 4 aromatic rings. The van der Waals surface area contributed by atoms with Crippen molar-refractivity contribution < 1.29 is 4.79 Å². The molecule has 1 N–H and O–H groups in total. The van der Waals surface area contributed by atoms with Crippen LogP contribution in [-0.2, 0) is 6.42 Å². The molecule has 0 saturated heterocycles. The lowest BCUT2D eigenvalue weighted by Gasteiger charge is -2.11. The molecule has 0 radical (unpaired) electrons. The summed E-state index contributed by atoms with van der Waals surface area (Å²) in [7, 11) is 0. The largest absolute Gasteiger partial charge is 0.350 e. The van der Waals surface area contributed by atoms with E-state index in [2.05, 4.69) is 10.3 Å². The van der Waals surface area contributed by atoms with Gasteiger partial charge in [0.05, 0.1) is 16.4 Å². The third-order valence-electron chi connectivity index (χ3n) is 5.08. The quantitative estimate of drug-likeness (QED) is 0.458. The topological polar surface area (TPSA) is 59.8 Å². The van der Waals surface area contributed by atoms with Gasteiger partial charge in [-0.25, -0.2) is 4.68 Å². The van der Waals surface area contributed by atoms with Crippen LogP contribution in [0.3, 0.4) is 0 Å². The van der Waals surface area contributed by atoms with E-state index in [1.54, 1.807) is 16.9 Å². The van der Waals surface area contributed by atoms with E-state index in [1.165, 1.54) is 0 Å². The third kappa shape index (κ3) is 4.67. The second kappa shape index (κ2) is 9.14. The van der Waals surface area contributed by atoms with Crippen LogP contribution in [-0.4, -0.2) is 27.2 Å². The van der Waals surface area contributed by atoms with Crippen LogP contribution >= 0.6 is 11.6 Å². The first-order valence-corrected chi connectivity index (χ1v) is 10.5. The van der Waals surface area contributed by atoms with E-state index in [4.69, 9.17) is 16.7 Å². The highest BCUT2D eigenvalue weighted by atomic mass is 35.5. The molecular formula is C25H23ClN4O. The van der Waals surface area contributed by atoms with Crippen molar-refractivity contribution in [3.8, 4) is 16.9 Å². The minimum absolute atomic E-state index is 0.192. The summed E-state index contributed by atoms with van der Waals surface area (Å²) in [5.41, 5.74) is 5.83. The summed E-state index contributed by atoms with van der Waals surface area (Å²) in [6.07, 6.45) is 2.41. The van der Waals surface area contributed by atoms with Gasteiger partial charge in [-0.3, -0.25) is 9.78 Å². The van der Waals surface area contributed by atoms with Crippen molar-refractivity contribution in [3.63, 3.8) is 0 Å². The monoisotopic (exact) mass is 430 g/mol. The Morgan fingerprint density at radius 1 is 1.03 bits per heavy atom. The predicted molar refractivity (Wildman–Crippen MR) is 124 cm³/mol. The van der Waals surface area contributed by atoms with Gasteiger partial charge in [-0.15, -0.1) is 0 Å². The highest BCUT2D eigenvalue weighted by Crippen LogP contribution is 2.29. The van der Waals surface area contributed by atoms with E-state index in [9.17, 15) is 4.79 Å². The molecule has 2 heterocycles. The molecule has 1 amide bonds. The van der Waals surface area contributed by atoms with Gasteiger partial charge in [0.1, 0.15) is 5.69 Å². The zero-order valence-electron chi connectivity index (χ0n) is 17.5. The molecule has 2 aromatic carbocycles. The average molecular weight is 431 g/mol. The number of aryl methyl sites for hydroxylation is 2. The van der Waals surface area contributed by atoms with Crippen molar-refractivity contribution in [1.82, 2.24) is 20.1 Å². The van der Waals surface area contributed by atoms with Crippen molar-refractivity contribution in [1.29, 1.82) is 0 Å². The van der Waals surface area contributed by atoms with Crippen molar-refractivity contribution in [3.05, 3.63) is 100 Å². The molecule has 6 heteroatoms. The maximum atomic E-state index is 13.1. The van der Waals surface area contributed by atoms with E-state index in [1.807, 2.05) is 74.5 Å². The van der Waals surface area contributed by atoms with E-state index >= 15 is 0 Å². The summed E-state index contributed by atoms with van der Waals surface area (Å²) in [6, 6.07) is 21.2. The van der Waals surface area contributed by atoms with E-state index in [0.717, 1.165) is 28.1 Å². The number of hydrogen-bond acceptors (Lipinski definition) is 3. The van der Waals surface area contributed by atoms with E-state index in [-0.39, 0.29) is 5.91 Å². The van der Waals surface area contributed by atoms with Gasteiger partial charge in [-0.2, -0.15) is 5.10 Å². The fourth-order valence-electron chi connectivity index (χ4n) is 3.42. The maximum absolute atomic E-state index is 13.1. The normalized spacial score (nSPS) is 10.8. The van der Waals surface area contributed by atoms with Crippen LogP contribution in [0.4, 0.5) is 0 Å². The van der Waals surface area contributed by atoms with Gasteiger partial charge in [0, 0.05) is 30.4 Å². The van der Waals surface area contributed by atoms with Gasteiger partial charge in [0.2, 0.25) is 0 Å². The number of benzene rings is 2. The van der Waals surface area contributed by atoms with Gasteiger partial charge >= 0.3 is 0 Å². The van der Waals surface area contributed by atoms with Crippen LogP contribution < -0.4 is 5.32 Å². The first-order valence-electron chi connectivity index (χ1n) is 10.1. The highest BCUT2D eigenvalue weighted by molar-refractivity contribution is 6.33. The second-order valence-electron chi connectivity index (χ2n) is 7.42. The molecule has 0 spiro atoms. The number of carbonyl (C=O) groups is 1. The first-order chi connectivity index (χ1) is 15.0. The first kappa shape index (κ1) is 20.8. The van der Waals surface area contributed by atoms with Gasteiger partial charge in [0.15, 0.2) is 0 Å². The van der Waals surface area contributed by atoms with Crippen LogP contribution in [0.15, 0.2) is 72.9 Å². The smallest absolute Gasteiger partial charge is 0.270 e. The van der Waals surface area contributed by atoms with E-state index in [0.29, 0.717) is 29.4 Å². The molecule has 0 aliphatic heterocycles. The molecule has 0 saturated carbocycles. The predicted octanol–water partition coefficient (Wildman–Crippen LogP) is 5.18. The van der Waals surface area contributed by atoms with E-state index < -0.39 is 0 Å². The fraction of sp³-hybridized carbons (Fsp3) is 0.160. The Morgan fingerprint density at radius 3 is 2.61 bits per heavy atom. The maximum Gasteiger partial charge on any atom is 0.270 e. The molecule has 4 rings (SSSR count). The molecular weight excluding hydrogens is 408 g/mol. The molecule has 0 bridgehead atoms. The lowest BCUT2D eigenvalue weighted by molar-refractivity contribution is 0.0946. The summed E-state index contributed by atoms with van der Waals surface area (Å²) in [4.78, 5) is 17.4. The lowest BCUT2D eigenvalue weighted by Crippen LogP contribution is -2.28. The molecule has 0 aliphatic rings. The van der Waals surface area contributed by atoms with Crippen LogP contribution in [0.25, 0.3) is 16.9 Å². The lowest BCUT2D eigenvalue weighted by atomic mass is 10.1. The Bertz CT molecular complexity index is 1220. The Balaban J connectivity index is 1.68. The number of carbonyl (C=O) groups excluding carboxylic acids is 1. The third-order valence-corrected chi connectivity index (χ3v) is 5.41. The summed E-state index contributed by atoms with van der Waals surface area (Å²) < 4.78 is 1.71. The zero-order valence-corrected chi connectivity index (χ0v) is 18.2. The highest BCUT2D eigenvalue weighted by Gasteiger charge is 2.19. The van der Waals surface area contributed by atoms with Crippen molar-refractivity contribution >= 4 is 17.5 Å². The Kier molecular flexibility index (Phi) is 6.14. The standard InChI is InChI=1S/C25H23ClN4O/c1-17-10-11-18(2)23(15-17)30-24(16-22(29-30)20-8-3-4-9-21(20)26)25(31)28-14-12-19-7-5-6-13-27-19/h3-11,13,15-16H,12,14H2,1-2H3,(H,28,31). The number of halogens is 1. The minimum Gasteiger partial charge on any atom is -0.350 e. The molecule has 0 aliphatic carbocycles. The van der Waals surface area contributed by atoms with Gasteiger partial charge in [0.25, 0.3) is 5.91 Å². The second-order valence-corrected chi connectivity index (χ2v) is 7.83. The SMILES string of the molecule is Cc1ccc(C)c(-n2nc(-c3ccccc3Cl)cc2C(=O)NCCc2ccccn2)c1. The Hall–Kier alpha value is -3.44. The number of pyridine rings is 1. The van der Waals surface area contributed by atoms with Crippen molar-refractivity contribution in [2.75, 3.05) is 6.54 Å². The summed E-state index contributed by atoms with van der Waals surface area (Å²) in [5, 5.41) is 8.35. The Labute approximate surface area is 186 Å². The summed E-state index contributed by atoms with van der Waals surface area (Å²) in [6.45, 7) is 4.51. The van der Waals surface area contributed by atoms with Crippen LogP contribution in [0.2, 0.25) is 5.02 Å². The summed E-state index contributed by atoms with van der Waals surface area (Å²) in [5.74, 6) is -0.192. The van der Waals surface area contributed by atoms with Crippen molar-refractivity contribution in [2.24, 2.45) is 0 Å². The number of aromatic nitrogens is 3. The van der Waals surface area contributed by atoms with Crippen molar-refractivity contribution in [2.45, 2.75) is 20.3 Å². The van der Waals surface area contributed by atoms with Crippen LogP contribution in [0.5, 0.6) is 0 Å². The minimum atomic E-state index is -0.192. The summed E-state index contributed by atoms with van der Waals surface area (Å²) >= 11 is 6.40. The van der Waals surface area contributed by atoms with Gasteiger partial charge in [-0.1, -0.05) is 48.0 Å². The molecule has 156 valence electrons. The molecule has 0 fully saturated rings. The van der Waals surface area contributed by atoms with Crippen LogP contribution in [0.1, 0.15) is 27.3 Å². The number of amides is 1. The van der Waals surface area contributed by atoms with Crippen LogP contribution in [0, 0.1) is 13.8 Å². The number of nitrogens with zero attached hydrogens (tertiary/aromatic N) is 3. The molecule has 2 aromatic heterocycles. The molecule has 0 atom stereocenters. The molecule has 31 heavy (non-hydrogen) atoms. The average Bonchev–Trinajstić information content (AvgIpc) is 3.21. The number of nitrogens with one attached hydrogen (secondary N) is 1. The van der Waals surface area contributed by atoms with Gasteiger partial charge < -0.3 is 5.32 Å². The number of hydrogen-bond donors (Lipinski definition) is 1. The number of rotatable bonds is 6. The zero-order chi connectivity index (χ0) is 21.8. The molecule has 0 unspecified atom stereocenters. The fourth-order valence-corrected chi connectivity index (χ4v) is 3.65.